The lowest BCUT2D eigenvalue weighted by Crippen LogP contribution is -2.37. The molecule has 3 heterocycles. The summed E-state index contributed by atoms with van der Waals surface area (Å²) in [4.78, 5) is 37.9. The van der Waals surface area contributed by atoms with Crippen molar-refractivity contribution in [2.24, 2.45) is 0 Å². The monoisotopic (exact) mass is 417 g/mol. The van der Waals surface area contributed by atoms with E-state index in [0.717, 1.165) is 0 Å². The van der Waals surface area contributed by atoms with E-state index in [9.17, 15) is 19.8 Å². The molecule has 9 heteroatoms. The molecule has 1 aliphatic heterocycles. The quantitative estimate of drug-likeness (QED) is 0.616. The molecule has 2 N–H and O–H groups in total. The van der Waals surface area contributed by atoms with Crippen LogP contribution in [0.1, 0.15) is 28.3 Å². The van der Waals surface area contributed by atoms with E-state index < -0.39 is 17.5 Å². The SMILES string of the molecule is Cc1nccn1-c1cc(C(=O)O)nc(-c2cccc(C#C[C@]3(O)CCN(C)C3=O)c2)n1. The first-order valence-corrected chi connectivity index (χ1v) is 9.51. The Labute approximate surface area is 178 Å². The molecule has 156 valence electrons. The number of rotatable bonds is 3. The van der Waals surface area contributed by atoms with Gasteiger partial charge < -0.3 is 15.1 Å². The van der Waals surface area contributed by atoms with Crippen LogP contribution in [0.5, 0.6) is 0 Å². The Morgan fingerprint density at radius 1 is 1.26 bits per heavy atom. The minimum atomic E-state index is -1.70. The van der Waals surface area contributed by atoms with Crippen LogP contribution in [0, 0.1) is 18.8 Å². The van der Waals surface area contributed by atoms with Gasteiger partial charge in [0.25, 0.3) is 5.91 Å². The lowest BCUT2D eigenvalue weighted by atomic mass is 10.0. The van der Waals surface area contributed by atoms with E-state index >= 15 is 0 Å². The largest absolute Gasteiger partial charge is 0.477 e. The molecule has 3 aromatic rings. The number of aromatic carboxylic acids is 1. The first-order chi connectivity index (χ1) is 14.8. The number of aliphatic hydroxyl groups is 1. The highest BCUT2D eigenvalue weighted by molar-refractivity contribution is 5.90. The molecule has 1 amide bonds. The highest BCUT2D eigenvalue weighted by Gasteiger charge is 2.42. The van der Waals surface area contributed by atoms with Crippen molar-refractivity contribution in [2.45, 2.75) is 18.9 Å². The molecule has 1 fully saturated rings. The van der Waals surface area contributed by atoms with Crippen molar-refractivity contribution in [1.82, 2.24) is 24.4 Å². The van der Waals surface area contributed by atoms with Crippen molar-refractivity contribution in [3.8, 4) is 29.0 Å². The predicted octanol–water partition coefficient (Wildman–Crippen LogP) is 1.28. The van der Waals surface area contributed by atoms with Crippen molar-refractivity contribution in [1.29, 1.82) is 0 Å². The highest BCUT2D eigenvalue weighted by atomic mass is 16.4. The fourth-order valence-corrected chi connectivity index (χ4v) is 3.30. The zero-order valence-electron chi connectivity index (χ0n) is 16.9. The summed E-state index contributed by atoms with van der Waals surface area (Å²) in [7, 11) is 1.62. The molecule has 0 bridgehead atoms. The van der Waals surface area contributed by atoms with Crippen LogP contribution in [0.2, 0.25) is 0 Å². The van der Waals surface area contributed by atoms with Gasteiger partial charge >= 0.3 is 5.97 Å². The predicted molar refractivity (Wildman–Crippen MR) is 110 cm³/mol. The van der Waals surface area contributed by atoms with Crippen LogP contribution in [0.25, 0.3) is 17.2 Å². The van der Waals surface area contributed by atoms with Crippen molar-refractivity contribution in [3.63, 3.8) is 0 Å². The second-order valence-corrected chi connectivity index (χ2v) is 7.25. The number of carbonyl (C=O) groups is 2. The Kier molecular flexibility index (Phi) is 5.01. The van der Waals surface area contributed by atoms with E-state index in [1.807, 2.05) is 0 Å². The summed E-state index contributed by atoms with van der Waals surface area (Å²) in [5.74, 6) is 5.16. The maximum Gasteiger partial charge on any atom is 0.354 e. The summed E-state index contributed by atoms with van der Waals surface area (Å²) in [6, 6.07) is 8.25. The van der Waals surface area contributed by atoms with Crippen LogP contribution in [0.4, 0.5) is 0 Å². The first-order valence-electron chi connectivity index (χ1n) is 9.51. The second kappa shape index (κ2) is 7.66. The van der Waals surface area contributed by atoms with Gasteiger partial charge in [-0.3, -0.25) is 9.36 Å². The van der Waals surface area contributed by atoms with Gasteiger partial charge in [0.15, 0.2) is 11.5 Å². The van der Waals surface area contributed by atoms with E-state index in [0.29, 0.717) is 29.3 Å². The normalized spacial score (nSPS) is 18.0. The number of carboxylic acids is 1. The van der Waals surface area contributed by atoms with E-state index in [4.69, 9.17) is 0 Å². The lowest BCUT2D eigenvalue weighted by molar-refractivity contribution is -0.137. The third kappa shape index (κ3) is 3.89. The van der Waals surface area contributed by atoms with Crippen LogP contribution >= 0.6 is 0 Å². The Bertz CT molecular complexity index is 1260. The number of likely N-dealkylation sites (N-methyl/N-ethyl adjacent to an activating group) is 1. The number of hydrogen-bond donors (Lipinski definition) is 2. The van der Waals surface area contributed by atoms with Gasteiger partial charge in [0.2, 0.25) is 5.60 Å². The first kappa shape index (κ1) is 20.3. The summed E-state index contributed by atoms with van der Waals surface area (Å²) < 4.78 is 1.67. The minimum absolute atomic E-state index is 0.154. The molecule has 0 unspecified atom stereocenters. The standard InChI is InChI=1S/C22H19N5O4/c1-14-23-9-11-27(14)18-13-17(20(28)29)24-19(25-18)16-5-3-4-15(12-16)6-7-22(31)8-10-26(2)21(22)30/h3-5,9,11-13,31H,8,10H2,1-2H3,(H,28,29)/t22-/m0/s1. The van der Waals surface area contributed by atoms with Gasteiger partial charge in [-0.25, -0.2) is 19.7 Å². The molecular weight excluding hydrogens is 398 g/mol. The molecule has 1 saturated heterocycles. The molecule has 1 aromatic carbocycles. The number of nitrogens with zero attached hydrogens (tertiary/aromatic N) is 5. The molecule has 0 aliphatic carbocycles. The molecule has 0 radical (unpaired) electrons. The molecule has 0 spiro atoms. The van der Waals surface area contributed by atoms with Crippen molar-refractivity contribution < 1.29 is 19.8 Å². The Hall–Kier alpha value is -4.03. The molecule has 2 aromatic heterocycles. The molecule has 0 saturated carbocycles. The van der Waals surface area contributed by atoms with Crippen molar-refractivity contribution >= 4 is 11.9 Å². The van der Waals surface area contributed by atoms with E-state index in [1.165, 1.54) is 11.0 Å². The highest BCUT2D eigenvalue weighted by Crippen LogP contribution is 2.22. The molecule has 1 atom stereocenters. The fourth-order valence-electron chi connectivity index (χ4n) is 3.30. The zero-order valence-corrected chi connectivity index (χ0v) is 16.9. The van der Waals surface area contributed by atoms with Gasteiger partial charge in [0.05, 0.1) is 0 Å². The van der Waals surface area contributed by atoms with Gasteiger partial charge in [-0.2, -0.15) is 0 Å². The van der Waals surface area contributed by atoms with Gasteiger partial charge in [-0.05, 0) is 19.1 Å². The maximum absolute atomic E-state index is 12.1. The van der Waals surface area contributed by atoms with E-state index in [2.05, 4.69) is 26.8 Å². The van der Waals surface area contributed by atoms with Gasteiger partial charge in [-0.15, -0.1) is 0 Å². The number of carbonyl (C=O) groups excluding carboxylic acids is 1. The van der Waals surface area contributed by atoms with Gasteiger partial charge in [0.1, 0.15) is 11.6 Å². The average Bonchev–Trinajstić information content (AvgIpc) is 3.31. The number of amides is 1. The Morgan fingerprint density at radius 3 is 2.71 bits per heavy atom. The van der Waals surface area contributed by atoms with Gasteiger partial charge in [-0.1, -0.05) is 24.0 Å². The lowest BCUT2D eigenvalue weighted by Gasteiger charge is -2.13. The molecule has 4 rings (SSSR count). The smallest absolute Gasteiger partial charge is 0.354 e. The topological polar surface area (TPSA) is 121 Å². The van der Waals surface area contributed by atoms with Crippen LogP contribution in [-0.4, -0.2) is 65.7 Å². The summed E-state index contributed by atoms with van der Waals surface area (Å²) in [6.45, 7) is 2.22. The van der Waals surface area contributed by atoms with Gasteiger partial charge in [0, 0.05) is 49.6 Å². The maximum atomic E-state index is 12.1. The van der Waals surface area contributed by atoms with E-state index in [-0.39, 0.29) is 17.9 Å². The third-order valence-corrected chi connectivity index (χ3v) is 5.05. The molecule has 9 nitrogen and oxygen atoms in total. The number of aromatic nitrogens is 4. The van der Waals surface area contributed by atoms with Crippen molar-refractivity contribution in [3.05, 3.63) is 59.8 Å². The molecular formula is C22H19N5O4. The number of carboxylic acid groups (broad SMARTS) is 1. The summed E-state index contributed by atoms with van der Waals surface area (Å²) in [5, 5.41) is 20.0. The zero-order chi connectivity index (χ0) is 22.2. The van der Waals surface area contributed by atoms with E-state index in [1.54, 1.807) is 55.2 Å². The van der Waals surface area contributed by atoms with Crippen molar-refractivity contribution in [2.75, 3.05) is 13.6 Å². The minimum Gasteiger partial charge on any atom is -0.477 e. The summed E-state index contributed by atoms with van der Waals surface area (Å²) in [5.41, 5.74) is -0.761. The van der Waals surface area contributed by atoms with Crippen LogP contribution in [-0.2, 0) is 4.79 Å². The van der Waals surface area contributed by atoms with Crippen LogP contribution in [0.3, 0.4) is 0 Å². The Balaban J connectivity index is 1.74. The number of likely N-dealkylation sites (tertiary alicyclic amines) is 1. The number of hydrogen-bond acceptors (Lipinski definition) is 6. The number of aryl methyl sites for hydroxylation is 1. The molecule has 1 aliphatic rings. The van der Waals surface area contributed by atoms with Crippen LogP contribution < -0.4 is 0 Å². The van der Waals surface area contributed by atoms with Crippen LogP contribution in [0.15, 0.2) is 42.7 Å². The fraction of sp³-hybridized carbons (Fsp3) is 0.227. The summed E-state index contributed by atoms with van der Waals surface area (Å²) in [6.07, 6.45) is 3.53. The number of benzene rings is 1. The third-order valence-electron chi connectivity index (χ3n) is 5.05. The Morgan fingerprint density at radius 2 is 2.06 bits per heavy atom. The summed E-state index contributed by atoms with van der Waals surface area (Å²) >= 11 is 0. The average molecular weight is 417 g/mol. The number of imidazole rings is 1. The second-order valence-electron chi connectivity index (χ2n) is 7.25. The molecule has 31 heavy (non-hydrogen) atoms.